The molecule has 3 aromatic heterocycles. The van der Waals surface area contributed by atoms with Gasteiger partial charge in [-0.15, -0.1) is 0 Å². The monoisotopic (exact) mass is 254 g/mol. The summed E-state index contributed by atoms with van der Waals surface area (Å²) in [6.45, 7) is 1.92. The third kappa shape index (κ3) is 2.03. The number of hydrogen-bond acceptors (Lipinski definition) is 6. The minimum Gasteiger partial charge on any atom is -0.505 e. The van der Waals surface area contributed by atoms with Gasteiger partial charge < -0.3 is 9.63 Å². The first-order valence-corrected chi connectivity index (χ1v) is 5.65. The molecule has 0 aliphatic carbocycles. The second-order valence-electron chi connectivity index (χ2n) is 3.98. The number of aromatic nitrogens is 4. The van der Waals surface area contributed by atoms with Crippen molar-refractivity contribution in [3.05, 3.63) is 42.4 Å². The average Bonchev–Trinajstić information content (AvgIpc) is 2.89. The van der Waals surface area contributed by atoms with E-state index in [0.717, 1.165) is 5.56 Å². The van der Waals surface area contributed by atoms with Crippen LogP contribution in [-0.2, 0) is 0 Å². The van der Waals surface area contributed by atoms with E-state index in [9.17, 15) is 5.11 Å². The lowest BCUT2D eigenvalue weighted by Gasteiger charge is -1.97. The summed E-state index contributed by atoms with van der Waals surface area (Å²) >= 11 is 0. The number of pyridine rings is 2. The molecule has 6 heteroatoms. The molecule has 0 saturated carbocycles. The molecule has 3 rings (SSSR count). The Bertz CT molecular complexity index is 664. The first-order valence-electron chi connectivity index (χ1n) is 5.65. The minimum atomic E-state index is -0.00422. The van der Waals surface area contributed by atoms with Crippen molar-refractivity contribution in [1.82, 2.24) is 20.1 Å². The van der Waals surface area contributed by atoms with E-state index in [1.807, 2.05) is 19.1 Å². The van der Waals surface area contributed by atoms with Crippen LogP contribution in [0.5, 0.6) is 5.75 Å². The molecule has 6 nitrogen and oxygen atoms in total. The maximum absolute atomic E-state index is 9.69. The van der Waals surface area contributed by atoms with Crippen LogP contribution in [0.4, 0.5) is 0 Å². The van der Waals surface area contributed by atoms with Crippen molar-refractivity contribution in [2.75, 3.05) is 0 Å². The zero-order chi connectivity index (χ0) is 13.2. The summed E-state index contributed by atoms with van der Waals surface area (Å²) < 4.78 is 5.15. The van der Waals surface area contributed by atoms with Crippen molar-refractivity contribution in [1.29, 1.82) is 0 Å². The van der Waals surface area contributed by atoms with Crippen LogP contribution < -0.4 is 0 Å². The van der Waals surface area contributed by atoms with Gasteiger partial charge in [0.2, 0.25) is 5.82 Å². The fraction of sp³-hybridized carbons (Fsp3) is 0.0769. The normalized spacial score (nSPS) is 10.6. The van der Waals surface area contributed by atoms with Gasteiger partial charge in [-0.05, 0) is 24.6 Å². The van der Waals surface area contributed by atoms with Crippen molar-refractivity contribution in [3.63, 3.8) is 0 Å². The topological polar surface area (TPSA) is 84.9 Å². The van der Waals surface area contributed by atoms with Crippen molar-refractivity contribution < 1.29 is 9.63 Å². The Kier molecular flexibility index (Phi) is 2.68. The summed E-state index contributed by atoms with van der Waals surface area (Å²) in [7, 11) is 0. The van der Waals surface area contributed by atoms with Gasteiger partial charge in [-0.2, -0.15) is 4.98 Å². The van der Waals surface area contributed by atoms with Crippen LogP contribution in [0.25, 0.3) is 23.0 Å². The summed E-state index contributed by atoms with van der Waals surface area (Å²) in [5.74, 6) is 0.625. The lowest BCUT2D eigenvalue weighted by molar-refractivity contribution is 0.425. The minimum absolute atomic E-state index is 0.00422. The lowest BCUT2D eigenvalue weighted by atomic mass is 10.2. The van der Waals surface area contributed by atoms with Crippen molar-refractivity contribution in [2.45, 2.75) is 6.92 Å². The SMILES string of the molecule is Cc1cccnc1-c1noc(-c2ccncc2O)n1. The molecule has 0 spiro atoms. The first-order chi connectivity index (χ1) is 9.25. The second kappa shape index (κ2) is 4.49. The molecular weight excluding hydrogens is 244 g/mol. The van der Waals surface area contributed by atoms with Crippen LogP contribution in [0, 0.1) is 6.92 Å². The molecule has 3 heterocycles. The van der Waals surface area contributed by atoms with E-state index in [1.165, 1.54) is 6.20 Å². The maximum Gasteiger partial charge on any atom is 0.262 e. The van der Waals surface area contributed by atoms with Gasteiger partial charge in [-0.25, -0.2) is 0 Å². The highest BCUT2D eigenvalue weighted by Crippen LogP contribution is 2.28. The molecular formula is C13H10N4O2. The third-order valence-electron chi connectivity index (χ3n) is 2.68. The van der Waals surface area contributed by atoms with Gasteiger partial charge in [0, 0.05) is 12.4 Å². The van der Waals surface area contributed by atoms with Gasteiger partial charge in [-0.3, -0.25) is 9.97 Å². The summed E-state index contributed by atoms with van der Waals surface area (Å²) in [5.41, 5.74) is 2.06. The average molecular weight is 254 g/mol. The number of aryl methyl sites for hydroxylation is 1. The number of aromatic hydroxyl groups is 1. The molecule has 3 aromatic rings. The number of rotatable bonds is 2. The van der Waals surface area contributed by atoms with Crippen LogP contribution in [0.15, 0.2) is 41.3 Å². The standard InChI is InChI=1S/C13H10N4O2/c1-8-3-2-5-15-11(8)12-16-13(19-17-12)9-4-6-14-7-10(9)18/h2-7,18H,1H3. The Labute approximate surface area is 108 Å². The molecule has 0 atom stereocenters. The summed E-state index contributed by atoms with van der Waals surface area (Å²) in [6.07, 6.45) is 4.54. The molecule has 0 aliphatic rings. The summed E-state index contributed by atoms with van der Waals surface area (Å²) in [5, 5.41) is 13.6. The van der Waals surface area contributed by atoms with Crippen molar-refractivity contribution in [3.8, 4) is 28.7 Å². The second-order valence-corrected chi connectivity index (χ2v) is 3.98. The molecule has 0 radical (unpaired) electrons. The Morgan fingerprint density at radius 3 is 2.89 bits per heavy atom. The van der Waals surface area contributed by atoms with E-state index >= 15 is 0 Å². The molecule has 0 saturated heterocycles. The fourth-order valence-corrected chi connectivity index (χ4v) is 1.72. The predicted octanol–water partition coefficient (Wildman–Crippen LogP) is 2.21. The Balaban J connectivity index is 2.06. The quantitative estimate of drug-likeness (QED) is 0.754. The molecule has 1 N–H and O–H groups in total. The molecule has 0 aromatic carbocycles. The van der Waals surface area contributed by atoms with Crippen LogP contribution in [-0.4, -0.2) is 25.2 Å². The Hall–Kier alpha value is -2.76. The number of hydrogen-bond donors (Lipinski definition) is 1. The predicted molar refractivity (Wildman–Crippen MR) is 67.2 cm³/mol. The van der Waals surface area contributed by atoms with E-state index in [4.69, 9.17) is 4.52 Å². The van der Waals surface area contributed by atoms with Crippen LogP contribution in [0.1, 0.15) is 5.56 Å². The maximum atomic E-state index is 9.69. The molecule has 94 valence electrons. The van der Waals surface area contributed by atoms with Crippen LogP contribution in [0.2, 0.25) is 0 Å². The third-order valence-corrected chi connectivity index (χ3v) is 2.68. The van der Waals surface area contributed by atoms with Gasteiger partial charge in [0.15, 0.2) is 0 Å². The zero-order valence-corrected chi connectivity index (χ0v) is 10.1. The highest BCUT2D eigenvalue weighted by molar-refractivity contribution is 5.63. The summed E-state index contributed by atoms with van der Waals surface area (Å²) in [4.78, 5) is 12.3. The van der Waals surface area contributed by atoms with Gasteiger partial charge in [0.25, 0.3) is 5.89 Å². The number of nitrogens with zero attached hydrogens (tertiary/aromatic N) is 4. The fourth-order valence-electron chi connectivity index (χ4n) is 1.72. The molecule has 19 heavy (non-hydrogen) atoms. The van der Waals surface area contributed by atoms with E-state index in [1.54, 1.807) is 18.5 Å². The van der Waals surface area contributed by atoms with Gasteiger partial charge in [0.05, 0.1) is 11.8 Å². The first kappa shape index (κ1) is 11.3. The zero-order valence-electron chi connectivity index (χ0n) is 10.1. The highest BCUT2D eigenvalue weighted by atomic mass is 16.5. The molecule has 0 fully saturated rings. The van der Waals surface area contributed by atoms with Gasteiger partial charge in [-0.1, -0.05) is 11.2 Å². The van der Waals surface area contributed by atoms with Crippen LogP contribution in [0.3, 0.4) is 0 Å². The molecule has 0 amide bonds. The van der Waals surface area contributed by atoms with E-state index < -0.39 is 0 Å². The lowest BCUT2D eigenvalue weighted by Crippen LogP contribution is -1.89. The summed E-state index contributed by atoms with van der Waals surface area (Å²) in [6, 6.07) is 5.37. The molecule has 0 bridgehead atoms. The Morgan fingerprint density at radius 2 is 2.11 bits per heavy atom. The largest absolute Gasteiger partial charge is 0.505 e. The van der Waals surface area contributed by atoms with Crippen molar-refractivity contribution in [2.24, 2.45) is 0 Å². The van der Waals surface area contributed by atoms with Crippen molar-refractivity contribution >= 4 is 0 Å². The van der Waals surface area contributed by atoms with Crippen LogP contribution >= 0.6 is 0 Å². The van der Waals surface area contributed by atoms with E-state index in [2.05, 4.69) is 20.1 Å². The molecule has 0 aliphatic heterocycles. The van der Waals surface area contributed by atoms with E-state index in [-0.39, 0.29) is 11.6 Å². The Morgan fingerprint density at radius 1 is 1.21 bits per heavy atom. The van der Waals surface area contributed by atoms with Gasteiger partial charge in [0.1, 0.15) is 11.4 Å². The van der Waals surface area contributed by atoms with E-state index in [0.29, 0.717) is 17.1 Å². The smallest absolute Gasteiger partial charge is 0.262 e. The molecule has 0 unspecified atom stereocenters. The van der Waals surface area contributed by atoms with Gasteiger partial charge >= 0.3 is 0 Å². The highest BCUT2D eigenvalue weighted by Gasteiger charge is 2.15.